The zero-order valence-electron chi connectivity index (χ0n) is 9.69. The lowest BCUT2D eigenvalue weighted by atomic mass is 10.1. The lowest BCUT2D eigenvalue weighted by Gasteiger charge is -2.11. The standard InChI is InChI=1S/C11H8BrNO3.C2H4/c12-5-7(14)6-13-10(15)8-3-1-2-4-9(8)11(13)16;1-2/h1-4H,5-6H2;1-2H2. The molecule has 0 saturated heterocycles. The van der Waals surface area contributed by atoms with Crippen LogP contribution in [0.5, 0.6) is 0 Å². The first-order valence-corrected chi connectivity index (χ1v) is 6.30. The lowest BCUT2D eigenvalue weighted by molar-refractivity contribution is -0.116. The summed E-state index contributed by atoms with van der Waals surface area (Å²) in [7, 11) is 0. The van der Waals surface area contributed by atoms with E-state index < -0.39 is 11.8 Å². The Morgan fingerprint density at radius 1 is 1.11 bits per heavy atom. The van der Waals surface area contributed by atoms with Crippen molar-refractivity contribution in [3.63, 3.8) is 0 Å². The van der Waals surface area contributed by atoms with E-state index >= 15 is 0 Å². The van der Waals surface area contributed by atoms with Crippen LogP contribution >= 0.6 is 15.9 Å². The molecule has 0 N–H and O–H groups in total. The summed E-state index contributed by atoms with van der Waals surface area (Å²) < 4.78 is 0. The van der Waals surface area contributed by atoms with Crippen LogP contribution in [0.25, 0.3) is 0 Å². The fourth-order valence-corrected chi connectivity index (χ4v) is 1.78. The summed E-state index contributed by atoms with van der Waals surface area (Å²) in [6, 6.07) is 6.57. The maximum Gasteiger partial charge on any atom is 0.261 e. The van der Waals surface area contributed by atoms with Gasteiger partial charge in [0, 0.05) is 0 Å². The van der Waals surface area contributed by atoms with E-state index in [1.54, 1.807) is 24.3 Å². The number of ketones is 1. The predicted octanol–water partition coefficient (Wildman–Crippen LogP) is 2.05. The van der Waals surface area contributed by atoms with Crippen molar-refractivity contribution >= 4 is 33.5 Å². The van der Waals surface area contributed by atoms with E-state index in [1.165, 1.54) is 0 Å². The summed E-state index contributed by atoms with van der Waals surface area (Å²) in [5.74, 6) is -0.987. The number of rotatable bonds is 3. The highest BCUT2D eigenvalue weighted by molar-refractivity contribution is 9.09. The van der Waals surface area contributed by atoms with E-state index in [9.17, 15) is 14.4 Å². The average Bonchev–Trinajstić information content (AvgIpc) is 2.66. The van der Waals surface area contributed by atoms with Gasteiger partial charge >= 0.3 is 0 Å². The molecule has 18 heavy (non-hydrogen) atoms. The van der Waals surface area contributed by atoms with Gasteiger partial charge in [-0.3, -0.25) is 19.3 Å². The van der Waals surface area contributed by atoms with Gasteiger partial charge in [-0.05, 0) is 12.1 Å². The van der Waals surface area contributed by atoms with Crippen LogP contribution in [0.1, 0.15) is 20.7 Å². The molecule has 2 rings (SSSR count). The SMILES string of the molecule is C=C.O=C(CBr)CN1C(=O)c2ccccc2C1=O. The number of carbonyl (C=O) groups excluding carboxylic acids is 3. The number of amides is 2. The Kier molecular flexibility index (Phi) is 4.97. The van der Waals surface area contributed by atoms with Gasteiger partial charge in [0.15, 0.2) is 5.78 Å². The molecule has 1 aromatic carbocycles. The van der Waals surface area contributed by atoms with Gasteiger partial charge in [0.25, 0.3) is 11.8 Å². The average molecular weight is 310 g/mol. The number of fused-ring (bicyclic) bond motifs is 1. The number of benzene rings is 1. The van der Waals surface area contributed by atoms with E-state index in [1.807, 2.05) is 0 Å². The van der Waals surface area contributed by atoms with Crippen LogP contribution in [-0.4, -0.2) is 34.4 Å². The number of hydrogen-bond donors (Lipinski definition) is 0. The Balaban J connectivity index is 0.000000771. The molecule has 0 fully saturated rings. The molecule has 0 bridgehead atoms. The molecule has 0 aliphatic carbocycles. The first-order valence-electron chi connectivity index (χ1n) is 5.18. The van der Waals surface area contributed by atoms with Crippen LogP contribution in [0.3, 0.4) is 0 Å². The summed E-state index contributed by atoms with van der Waals surface area (Å²) in [6.45, 7) is 5.83. The molecule has 94 valence electrons. The summed E-state index contributed by atoms with van der Waals surface area (Å²) in [5, 5.41) is 0.139. The second kappa shape index (κ2) is 6.26. The van der Waals surface area contributed by atoms with Gasteiger partial charge in [0.05, 0.1) is 23.0 Å². The predicted molar refractivity (Wildman–Crippen MR) is 71.9 cm³/mol. The lowest BCUT2D eigenvalue weighted by Crippen LogP contribution is -2.35. The molecular weight excluding hydrogens is 298 g/mol. The van der Waals surface area contributed by atoms with Gasteiger partial charge in [-0.2, -0.15) is 0 Å². The van der Waals surface area contributed by atoms with Crippen LogP contribution < -0.4 is 0 Å². The first-order chi connectivity index (χ1) is 8.65. The highest BCUT2D eigenvalue weighted by Crippen LogP contribution is 2.21. The van der Waals surface area contributed by atoms with Crippen molar-refractivity contribution in [3.8, 4) is 0 Å². The summed E-state index contributed by atoms with van der Waals surface area (Å²) in [4.78, 5) is 35.8. The maximum atomic E-state index is 11.8. The highest BCUT2D eigenvalue weighted by atomic mass is 79.9. The van der Waals surface area contributed by atoms with Gasteiger partial charge in [0.2, 0.25) is 0 Å². The van der Waals surface area contributed by atoms with Crippen LogP contribution in [0.2, 0.25) is 0 Å². The van der Waals surface area contributed by atoms with Crippen LogP contribution in [0, 0.1) is 0 Å². The quantitative estimate of drug-likeness (QED) is 0.488. The molecule has 0 unspecified atom stereocenters. The van der Waals surface area contributed by atoms with Crippen molar-refractivity contribution in [2.24, 2.45) is 0 Å². The Hall–Kier alpha value is -1.75. The summed E-state index contributed by atoms with van der Waals surface area (Å²) in [5.41, 5.74) is 0.741. The maximum absolute atomic E-state index is 11.8. The molecule has 0 radical (unpaired) electrons. The monoisotopic (exact) mass is 309 g/mol. The van der Waals surface area contributed by atoms with Gasteiger partial charge < -0.3 is 0 Å². The third-order valence-corrected chi connectivity index (χ3v) is 2.99. The normalized spacial score (nSPS) is 12.8. The Bertz CT molecular complexity index is 464. The van der Waals surface area contributed by atoms with Crippen LogP contribution in [0.4, 0.5) is 0 Å². The minimum atomic E-state index is -0.394. The van der Waals surface area contributed by atoms with Crippen molar-refractivity contribution in [1.82, 2.24) is 4.90 Å². The van der Waals surface area contributed by atoms with E-state index in [-0.39, 0.29) is 17.7 Å². The van der Waals surface area contributed by atoms with Gasteiger partial charge in [-0.15, -0.1) is 13.2 Å². The molecule has 0 spiro atoms. The second-order valence-corrected chi connectivity index (χ2v) is 3.98. The second-order valence-electron chi connectivity index (χ2n) is 3.41. The van der Waals surface area contributed by atoms with Crippen LogP contribution in [-0.2, 0) is 4.79 Å². The van der Waals surface area contributed by atoms with Crippen molar-refractivity contribution in [2.45, 2.75) is 0 Å². The van der Waals surface area contributed by atoms with Gasteiger partial charge in [-0.1, -0.05) is 28.1 Å². The number of imide groups is 1. The molecule has 1 aliphatic heterocycles. The summed E-state index contributed by atoms with van der Waals surface area (Å²) >= 11 is 3.00. The third-order valence-electron chi connectivity index (χ3n) is 2.36. The fourth-order valence-electron chi connectivity index (χ4n) is 1.60. The van der Waals surface area contributed by atoms with E-state index in [0.717, 1.165) is 4.90 Å². The number of halogens is 1. The molecule has 1 aliphatic rings. The number of hydrogen-bond acceptors (Lipinski definition) is 3. The Labute approximate surface area is 113 Å². The molecule has 1 heterocycles. The van der Waals surface area contributed by atoms with Gasteiger partial charge in [-0.25, -0.2) is 0 Å². The fraction of sp³-hybridized carbons (Fsp3) is 0.154. The van der Waals surface area contributed by atoms with Crippen LogP contribution in [0.15, 0.2) is 37.4 Å². The minimum Gasteiger partial charge on any atom is -0.297 e. The summed E-state index contributed by atoms with van der Waals surface area (Å²) in [6.07, 6.45) is 0. The molecule has 0 saturated carbocycles. The number of Topliss-reactive ketones (excluding diaryl/α,β-unsaturated/α-hetero) is 1. The Morgan fingerprint density at radius 2 is 1.56 bits per heavy atom. The highest BCUT2D eigenvalue weighted by Gasteiger charge is 2.35. The molecule has 0 atom stereocenters. The zero-order valence-corrected chi connectivity index (χ0v) is 11.3. The van der Waals surface area contributed by atoms with Gasteiger partial charge in [0.1, 0.15) is 0 Å². The zero-order chi connectivity index (χ0) is 13.7. The minimum absolute atomic E-state index is 0.139. The van der Waals surface area contributed by atoms with Crippen molar-refractivity contribution in [2.75, 3.05) is 11.9 Å². The molecule has 0 aromatic heterocycles. The molecule has 5 heteroatoms. The first kappa shape index (κ1) is 14.3. The van der Waals surface area contributed by atoms with Crippen molar-refractivity contribution in [1.29, 1.82) is 0 Å². The largest absolute Gasteiger partial charge is 0.297 e. The number of nitrogens with zero attached hydrogens (tertiary/aromatic N) is 1. The van der Waals surface area contributed by atoms with Crippen molar-refractivity contribution < 1.29 is 14.4 Å². The smallest absolute Gasteiger partial charge is 0.261 e. The van der Waals surface area contributed by atoms with Crippen molar-refractivity contribution in [3.05, 3.63) is 48.6 Å². The van der Waals surface area contributed by atoms with E-state index in [0.29, 0.717) is 11.1 Å². The molecule has 4 nitrogen and oxygen atoms in total. The molecule has 2 amide bonds. The van der Waals surface area contributed by atoms with E-state index in [2.05, 4.69) is 29.1 Å². The number of carbonyl (C=O) groups is 3. The Morgan fingerprint density at radius 3 is 1.94 bits per heavy atom. The molecule has 1 aromatic rings. The number of alkyl halides is 1. The topological polar surface area (TPSA) is 54.5 Å². The third kappa shape index (κ3) is 2.56. The molecular formula is C13H12BrNO3. The van der Waals surface area contributed by atoms with E-state index in [4.69, 9.17) is 0 Å².